The van der Waals surface area contributed by atoms with Crippen molar-refractivity contribution in [2.75, 3.05) is 13.2 Å². The van der Waals surface area contributed by atoms with E-state index in [1.165, 1.54) is 0 Å². The van der Waals surface area contributed by atoms with Gasteiger partial charge in [0.05, 0.1) is 16.5 Å². The summed E-state index contributed by atoms with van der Waals surface area (Å²) in [5.74, 6) is -0.798. The molecule has 0 aliphatic carbocycles. The fourth-order valence-corrected chi connectivity index (χ4v) is 2.68. The molecule has 0 amide bonds. The van der Waals surface area contributed by atoms with Crippen LogP contribution in [0.1, 0.15) is 25.5 Å². The molecule has 1 aromatic rings. The van der Waals surface area contributed by atoms with Crippen LogP contribution < -0.4 is 9.47 Å². The highest BCUT2D eigenvalue weighted by atomic mass is 79.9. The van der Waals surface area contributed by atoms with Crippen molar-refractivity contribution in [1.82, 2.24) is 0 Å². The molecule has 5 nitrogen and oxygen atoms in total. The number of carboxylic acid groups (broad SMARTS) is 1. The molecule has 20 heavy (non-hydrogen) atoms. The predicted octanol–water partition coefficient (Wildman–Crippen LogP) is 2.61. The summed E-state index contributed by atoms with van der Waals surface area (Å²) < 4.78 is 11.7. The van der Waals surface area contributed by atoms with E-state index in [4.69, 9.17) is 14.6 Å². The largest absolute Gasteiger partial charge is 0.486 e. The first-order chi connectivity index (χ1) is 9.41. The van der Waals surface area contributed by atoms with Gasteiger partial charge in [0.2, 0.25) is 0 Å². The lowest BCUT2D eigenvalue weighted by molar-refractivity contribution is -0.144. The van der Waals surface area contributed by atoms with Crippen LogP contribution in [-0.2, 0) is 4.79 Å². The van der Waals surface area contributed by atoms with E-state index in [0.29, 0.717) is 34.7 Å². The Hall–Kier alpha value is -1.27. The molecule has 1 aliphatic heterocycles. The molecule has 1 heterocycles. The first-order valence-corrected chi connectivity index (χ1v) is 7.21. The second kappa shape index (κ2) is 6.01. The van der Waals surface area contributed by atoms with E-state index in [1.807, 2.05) is 0 Å². The Labute approximate surface area is 125 Å². The van der Waals surface area contributed by atoms with Crippen LogP contribution in [0.3, 0.4) is 0 Å². The predicted molar refractivity (Wildman–Crippen MR) is 76.1 cm³/mol. The summed E-state index contributed by atoms with van der Waals surface area (Å²) in [5.41, 5.74) is 0.613. The normalized spacial score (nSPS) is 18.2. The lowest BCUT2D eigenvalue weighted by Crippen LogP contribution is -2.24. The van der Waals surface area contributed by atoms with Crippen molar-refractivity contribution >= 4 is 21.9 Å². The summed E-state index contributed by atoms with van der Waals surface area (Å²) in [6, 6.07) is 3.44. The second-order valence-electron chi connectivity index (χ2n) is 4.96. The third kappa shape index (κ3) is 2.91. The molecule has 3 atom stereocenters. The molecule has 110 valence electrons. The van der Waals surface area contributed by atoms with Crippen LogP contribution in [0.4, 0.5) is 0 Å². The van der Waals surface area contributed by atoms with Gasteiger partial charge in [-0.05, 0) is 39.5 Å². The van der Waals surface area contributed by atoms with Gasteiger partial charge in [0.15, 0.2) is 11.5 Å². The standard InChI is InChI=1S/C14H17BrO5/c1-7(8(2)14(17)18)12(16)9-5-10(15)13-11(6-9)19-3-4-20-13/h5-8,12,16H,3-4H2,1-2H3,(H,17,18). The van der Waals surface area contributed by atoms with Crippen LogP contribution in [0.15, 0.2) is 16.6 Å². The summed E-state index contributed by atoms with van der Waals surface area (Å²) in [6.07, 6.45) is -0.881. The van der Waals surface area contributed by atoms with Crippen LogP contribution >= 0.6 is 15.9 Å². The summed E-state index contributed by atoms with van der Waals surface area (Å²) in [6.45, 7) is 4.25. The number of aliphatic hydroxyl groups is 1. The van der Waals surface area contributed by atoms with Crippen LogP contribution in [0.25, 0.3) is 0 Å². The fourth-order valence-electron chi connectivity index (χ4n) is 2.10. The van der Waals surface area contributed by atoms with Gasteiger partial charge in [-0.1, -0.05) is 13.8 Å². The minimum atomic E-state index is -0.923. The van der Waals surface area contributed by atoms with Gasteiger partial charge in [-0.2, -0.15) is 0 Å². The molecule has 0 saturated carbocycles. The molecule has 0 fully saturated rings. The number of aliphatic carboxylic acids is 1. The van der Waals surface area contributed by atoms with Crippen molar-refractivity contribution in [3.8, 4) is 11.5 Å². The zero-order valence-corrected chi connectivity index (χ0v) is 12.9. The first-order valence-electron chi connectivity index (χ1n) is 6.41. The molecule has 0 aromatic heterocycles. The van der Waals surface area contributed by atoms with Crippen LogP contribution in [0.2, 0.25) is 0 Å². The average molecular weight is 345 g/mol. The zero-order chi connectivity index (χ0) is 14.9. The molecule has 1 aliphatic rings. The summed E-state index contributed by atoms with van der Waals surface area (Å²) in [7, 11) is 0. The van der Waals surface area contributed by atoms with Gasteiger partial charge in [-0.3, -0.25) is 4.79 Å². The van der Waals surface area contributed by atoms with Crippen LogP contribution in [-0.4, -0.2) is 29.4 Å². The summed E-state index contributed by atoms with van der Waals surface area (Å²) in [5, 5.41) is 19.4. The van der Waals surface area contributed by atoms with Crippen molar-refractivity contribution in [3.63, 3.8) is 0 Å². The highest BCUT2D eigenvalue weighted by molar-refractivity contribution is 9.10. The second-order valence-corrected chi connectivity index (χ2v) is 5.81. The van der Waals surface area contributed by atoms with Crippen molar-refractivity contribution in [2.45, 2.75) is 20.0 Å². The highest BCUT2D eigenvalue weighted by Gasteiger charge is 2.28. The minimum Gasteiger partial charge on any atom is -0.486 e. The number of hydrogen-bond donors (Lipinski definition) is 2. The van der Waals surface area contributed by atoms with Gasteiger partial charge >= 0.3 is 5.97 Å². The van der Waals surface area contributed by atoms with Crippen LogP contribution in [0.5, 0.6) is 11.5 Å². The summed E-state index contributed by atoms with van der Waals surface area (Å²) >= 11 is 3.38. The third-order valence-electron chi connectivity index (χ3n) is 3.64. The maximum atomic E-state index is 11.0. The number of fused-ring (bicyclic) bond motifs is 1. The van der Waals surface area contributed by atoms with Crippen LogP contribution in [0, 0.1) is 11.8 Å². The van der Waals surface area contributed by atoms with E-state index in [1.54, 1.807) is 26.0 Å². The Kier molecular flexibility index (Phi) is 4.55. The molecule has 0 spiro atoms. The number of ether oxygens (including phenoxy) is 2. The van der Waals surface area contributed by atoms with E-state index < -0.39 is 23.9 Å². The van der Waals surface area contributed by atoms with E-state index in [0.717, 1.165) is 0 Å². The number of aliphatic hydroxyl groups excluding tert-OH is 1. The molecule has 6 heteroatoms. The summed E-state index contributed by atoms with van der Waals surface area (Å²) in [4.78, 5) is 11.0. The van der Waals surface area contributed by atoms with E-state index >= 15 is 0 Å². The topological polar surface area (TPSA) is 76.0 Å². The Morgan fingerprint density at radius 3 is 2.60 bits per heavy atom. The lowest BCUT2D eigenvalue weighted by Gasteiger charge is -2.25. The maximum absolute atomic E-state index is 11.0. The van der Waals surface area contributed by atoms with Crippen molar-refractivity contribution < 1.29 is 24.5 Å². The van der Waals surface area contributed by atoms with Gasteiger partial charge in [-0.15, -0.1) is 0 Å². The minimum absolute atomic E-state index is 0.415. The zero-order valence-electron chi connectivity index (χ0n) is 11.3. The number of rotatable bonds is 4. The monoisotopic (exact) mass is 344 g/mol. The first kappa shape index (κ1) is 15.1. The van der Waals surface area contributed by atoms with Crippen molar-refractivity contribution in [3.05, 3.63) is 22.2 Å². The van der Waals surface area contributed by atoms with E-state index in [-0.39, 0.29) is 0 Å². The van der Waals surface area contributed by atoms with Gasteiger partial charge in [0, 0.05) is 0 Å². The number of halogens is 1. The third-order valence-corrected chi connectivity index (χ3v) is 4.23. The van der Waals surface area contributed by atoms with Gasteiger partial charge < -0.3 is 19.7 Å². The average Bonchev–Trinajstić information content (AvgIpc) is 2.44. The molecule has 2 rings (SSSR count). The number of benzene rings is 1. The van der Waals surface area contributed by atoms with Gasteiger partial charge in [0.1, 0.15) is 13.2 Å². The van der Waals surface area contributed by atoms with Gasteiger partial charge in [0.25, 0.3) is 0 Å². The SMILES string of the molecule is CC(C(=O)O)C(C)C(O)c1cc(Br)c2c(c1)OCCO2. The number of carbonyl (C=O) groups is 1. The lowest BCUT2D eigenvalue weighted by atomic mass is 9.87. The van der Waals surface area contributed by atoms with Gasteiger partial charge in [-0.25, -0.2) is 0 Å². The molecule has 0 radical (unpaired) electrons. The Bertz CT molecular complexity index is 517. The number of carboxylic acids is 1. The molecule has 0 saturated heterocycles. The fraction of sp³-hybridized carbons (Fsp3) is 0.500. The number of hydrogen-bond acceptors (Lipinski definition) is 4. The molecular formula is C14H17BrO5. The smallest absolute Gasteiger partial charge is 0.306 e. The molecule has 2 N–H and O–H groups in total. The van der Waals surface area contributed by atoms with Crippen molar-refractivity contribution in [2.24, 2.45) is 11.8 Å². The Morgan fingerprint density at radius 1 is 1.30 bits per heavy atom. The van der Waals surface area contributed by atoms with Crippen molar-refractivity contribution in [1.29, 1.82) is 0 Å². The molecule has 0 bridgehead atoms. The van der Waals surface area contributed by atoms with E-state index in [2.05, 4.69) is 15.9 Å². The molecular weight excluding hydrogens is 328 g/mol. The molecule has 1 aromatic carbocycles. The Morgan fingerprint density at radius 2 is 1.95 bits per heavy atom. The molecule has 3 unspecified atom stereocenters. The highest BCUT2D eigenvalue weighted by Crippen LogP contribution is 2.41. The van der Waals surface area contributed by atoms with E-state index in [9.17, 15) is 9.90 Å². The maximum Gasteiger partial charge on any atom is 0.306 e. The quantitative estimate of drug-likeness (QED) is 0.877. The Balaban J connectivity index is 2.28.